The number of rotatable bonds is 4. The van der Waals surface area contributed by atoms with Crippen LogP contribution in [0.25, 0.3) is 0 Å². The third-order valence-electron chi connectivity index (χ3n) is 3.96. The molecule has 2 fully saturated rings. The van der Waals surface area contributed by atoms with E-state index < -0.39 is 10.0 Å². The van der Waals surface area contributed by atoms with Crippen LogP contribution in [0.2, 0.25) is 5.02 Å². The second-order valence-corrected chi connectivity index (χ2v) is 8.77. The number of hydrogen-bond acceptors (Lipinski definition) is 5. The number of thioether (sulfide) groups is 1. The maximum Gasteiger partial charge on any atom is 0.289 e. The van der Waals surface area contributed by atoms with Crippen molar-refractivity contribution in [1.82, 2.24) is 9.21 Å². The number of sulfonamides is 1. The number of amides is 2. The molecule has 2 aliphatic heterocycles. The van der Waals surface area contributed by atoms with Gasteiger partial charge < -0.3 is 0 Å². The van der Waals surface area contributed by atoms with Crippen LogP contribution in [0.1, 0.15) is 12.0 Å². The molecule has 0 radical (unpaired) electrons. The van der Waals surface area contributed by atoms with Gasteiger partial charge in [0.1, 0.15) is 0 Å². The zero-order valence-corrected chi connectivity index (χ0v) is 14.5. The van der Waals surface area contributed by atoms with E-state index in [-0.39, 0.29) is 35.2 Å². The van der Waals surface area contributed by atoms with Crippen LogP contribution >= 0.6 is 23.4 Å². The molecule has 0 aliphatic carbocycles. The Bertz CT molecular complexity index is 737. The zero-order valence-electron chi connectivity index (χ0n) is 12.1. The van der Waals surface area contributed by atoms with Crippen LogP contribution in [0.4, 0.5) is 4.79 Å². The first-order chi connectivity index (χ1) is 10.9. The van der Waals surface area contributed by atoms with Gasteiger partial charge in [0, 0.05) is 18.1 Å². The summed E-state index contributed by atoms with van der Waals surface area (Å²) in [7, 11) is -3.54. The van der Waals surface area contributed by atoms with E-state index in [1.165, 1.54) is 9.21 Å². The third kappa shape index (κ3) is 3.40. The van der Waals surface area contributed by atoms with E-state index in [0.29, 0.717) is 23.6 Å². The van der Waals surface area contributed by atoms with Gasteiger partial charge in [-0.15, -0.1) is 0 Å². The van der Waals surface area contributed by atoms with Crippen LogP contribution in [0, 0.1) is 0 Å². The Kier molecular flexibility index (Phi) is 4.68. The Morgan fingerprint density at radius 1 is 1.26 bits per heavy atom. The van der Waals surface area contributed by atoms with E-state index in [0.717, 1.165) is 11.8 Å². The van der Waals surface area contributed by atoms with Gasteiger partial charge in [0.15, 0.2) is 0 Å². The highest BCUT2D eigenvalue weighted by Crippen LogP contribution is 2.28. The molecule has 1 unspecified atom stereocenters. The van der Waals surface area contributed by atoms with Gasteiger partial charge in [-0.2, -0.15) is 4.31 Å². The van der Waals surface area contributed by atoms with Gasteiger partial charge in [0.2, 0.25) is 15.9 Å². The molecule has 2 heterocycles. The number of carbonyl (C=O) groups excluding carboxylic acids is 2. The molecule has 124 valence electrons. The molecule has 2 saturated heterocycles. The average molecular weight is 375 g/mol. The third-order valence-corrected chi connectivity index (χ3v) is 6.96. The van der Waals surface area contributed by atoms with Gasteiger partial charge in [0.25, 0.3) is 5.24 Å². The van der Waals surface area contributed by atoms with E-state index in [2.05, 4.69) is 0 Å². The van der Waals surface area contributed by atoms with E-state index in [1.807, 2.05) is 0 Å². The van der Waals surface area contributed by atoms with Crippen molar-refractivity contribution in [2.24, 2.45) is 0 Å². The first-order valence-corrected chi connectivity index (χ1v) is 10.1. The summed E-state index contributed by atoms with van der Waals surface area (Å²) in [6, 6.07) is 6.44. The van der Waals surface area contributed by atoms with E-state index in [4.69, 9.17) is 11.6 Å². The number of hydrogen-bond donors (Lipinski definition) is 0. The normalized spacial score (nSPS) is 23.0. The van der Waals surface area contributed by atoms with Crippen molar-refractivity contribution in [2.45, 2.75) is 18.2 Å². The Balaban J connectivity index is 1.72. The van der Waals surface area contributed by atoms with Crippen molar-refractivity contribution < 1.29 is 18.0 Å². The Morgan fingerprint density at radius 3 is 2.65 bits per heavy atom. The van der Waals surface area contributed by atoms with Crippen LogP contribution in [-0.2, 0) is 20.6 Å². The molecular weight excluding hydrogens is 360 g/mol. The number of benzene rings is 1. The molecule has 9 heteroatoms. The Labute approximate surface area is 143 Å². The second-order valence-electron chi connectivity index (χ2n) is 5.47. The molecule has 23 heavy (non-hydrogen) atoms. The lowest BCUT2D eigenvalue weighted by molar-refractivity contribution is -0.126. The molecule has 0 N–H and O–H groups in total. The van der Waals surface area contributed by atoms with E-state index >= 15 is 0 Å². The molecule has 1 atom stereocenters. The topological polar surface area (TPSA) is 74.8 Å². The highest BCUT2D eigenvalue weighted by molar-refractivity contribution is 8.14. The summed E-state index contributed by atoms with van der Waals surface area (Å²) in [5, 5.41) is 0.124. The minimum absolute atomic E-state index is 0.141. The average Bonchev–Trinajstić information content (AvgIpc) is 3.09. The minimum Gasteiger partial charge on any atom is -0.273 e. The number of nitrogens with zero attached hydrogens (tertiary/aromatic N) is 2. The van der Waals surface area contributed by atoms with Crippen LogP contribution < -0.4 is 0 Å². The predicted octanol–water partition coefficient (Wildman–Crippen LogP) is 1.94. The van der Waals surface area contributed by atoms with Gasteiger partial charge in [-0.25, -0.2) is 8.42 Å². The van der Waals surface area contributed by atoms with Gasteiger partial charge in [-0.3, -0.25) is 14.5 Å². The fourth-order valence-electron chi connectivity index (χ4n) is 2.79. The molecule has 0 spiro atoms. The highest BCUT2D eigenvalue weighted by Gasteiger charge is 2.41. The largest absolute Gasteiger partial charge is 0.289 e. The first kappa shape index (κ1) is 16.8. The number of halogens is 1. The van der Waals surface area contributed by atoms with Crippen molar-refractivity contribution in [1.29, 1.82) is 0 Å². The molecular formula is C14H15ClN2O4S2. The highest BCUT2D eigenvalue weighted by atomic mass is 35.5. The maximum absolute atomic E-state index is 12.6. The SMILES string of the molecule is O=C1CSC(=O)N1C1CCN(S(=O)(=O)Cc2ccccc2Cl)C1. The van der Waals surface area contributed by atoms with Gasteiger partial charge in [0.05, 0.1) is 17.5 Å². The summed E-state index contributed by atoms with van der Waals surface area (Å²) in [4.78, 5) is 24.7. The fraction of sp³-hybridized carbons (Fsp3) is 0.429. The van der Waals surface area contributed by atoms with E-state index in [9.17, 15) is 18.0 Å². The lowest BCUT2D eigenvalue weighted by atomic mass is 10.2. The Hall–Kier alpha value is -1.09. The molecule has 0 aromatic heterocycles. The van der Waals surface area contributed by atoms with Crippen molar-refractivity contribution in [3.8, 4) is 0 Å². The van der Waals surface area contributed by atoms with Gasteiger partial charge in [-0.05, 0) is 18.1 Å². The molecule has 0 saturated carbocycles. The van der Waals surface area contributed by atoms with E-state index in [1.54, 1.807) is 24.3 Å². The van der Waals surface area contributed by atoms with Crippen LogP contribution in [0.15, 0.2) is 24.3 Å². The molecule has 2 amide bonds. The predicted molar refractivity (Wildman–Crippen MR) is 88.8 cm³/mol. The summed E-state index contributed by atoms with van der Waals surface area (Å²) in [5.74, 6) is -0.284. The Morgan fingerprint density at radius 2 is 2.00 bits per heavy atom. The second kappa shape index (κ2) is 6.43. The fourth-order valence-corrected chi connectivity index (χ4v) is 5.46. The van der Waals surface area contributed by atoms with Crippen LogP contribution in [0.5, 0.6) is 0 Å². The molecule has 0 bridgehead atoms. The summed E-state index contributed by atoms with van der Waals surface area (Å²) in [5.41, 5.74) is 0.543. The van der Waals surface area contributed by atoms with Crippen LogP contribution in [0.3, 0.4) is 0 Å². The number of carbonyl (C=O) groups is 2. The molecule has 3 rings (SSSR count). The monoisotopic (exact) mass is 374 g/mol. The quantitative estimate of drug-likeness (QED) is 0.805. The molecule has 1 aromatic rings. The first-order valence-electron chi connectivity index (χ1n) is 7.08. The molecule has 2 aliphatic rings. The lowest BCUT2D eigenvalue weighted by Gasteiger charge is -2.22. The van der Waals surface area contributed by atoms with Crippen molar-refractivity contribution >= 4 is 44.5 Å². The summed E-state index contributed by atoms with van der Waals surface area (Å²) < 4.78 is 26.4. The summed E-state index contributed by atoms with van der Waals surface area (Å²) in [6.45, 7) is 0.462. The summed E-state index contributed by atoms with van der Waals surface area (Å²) >= 11 is 6.99. The molecule has 1 aromatic carbocycles. The zero-order chi connectivity index (χ0) is 16.6. The van der Waals surface area contributed by atoms with Gasteiger partial charge in [-0.1, -0.05) is 41.6 Å². The van der Waals surface area contributed by atoms with Gasteiger partial charge >= 0.3 is 0 Å². The number of imide groups is 1. The van der Waals surface area contributed by atoms with Crippen molar-refractivity contribution in [2.75, 3.05) is 18.8 Å². The smallest absolute Gasteiger partial charge is 0.273 e. The lowest BCUT2D eigenvalue weighted by Crippen LogP contribution is -2.41. The maximum atomic E-state index is 12.6. The standard InChI is InChI=1S/C14H15ClN2O4S2/c15-12-4-2-1-3-10(12)9-23(20,21)16-6-5-11(7-16)17-13(18)8-22-14(17)19/h1-4,11H,5-9H2. The van der Waals surface area contributed by atoms with Crippen molar-refractivity contribution in [3.05, 3.63) is 34.9 Å². The minimum atomic E-state index is -3.54. The van der Waals surface area contributed by atoms with Crippen molar-refractivity contribution in [3.63, 3.8) is 0 Å². The van der Waals surface area contributed by atoms with Crippen LogP contribution in [-0.4, -0.2) is 53.7 Å². The molecule has 6 nitrogen and oxygen atoms in total. The summed E-state index contributed by atoms with van der Waals surface area (Å²) in [6.07, 6.45) is 0.472.